The molecule has 1 aromatic carbocycles. The van der Waals surface area contributed by atoms with E-state index in [1.54, 1.807) is 18.9 Å². The van der Waals surface area contributed by atoms with Gasteiger partial charge in [-0.15, -0.1) is 24.2 Å². The molecule has 1 fully saturated rings. The lowest BCUT2D eigenvalue weighted by molar-refractivity contribution is 0.0898. The predicted molar refractivity (Wildman–Crippen MR) is 93.7 cm³/mol. The highest BCUT2D eigenvalue weighted by molar-refractivity contribution is 7.98. The Bertz CT molecular complexity index is 468. The molecule has 0 aliphatic carbocycles. The van der Waals surface area contributed by atoms with Crippen LogP contribution in [0.2, 0.25) is 0 Å². The largest absolute Gasteiger partial charge is 0.496 e. The fourth-order valence-corrected chi connectivity index (χ4v) is 3.40. The topological polar surface area (TPSA) is 38.5 Å². The molecule has 0 saturated carbocycles. The van der Waals surface area contributed by atoms with Gasteiger partial charge in [-0.25, -0.2) is 0 Å². The van der Waals surface area contributed by atoms with Crippen molar-refractivity contribution < 1.29 is 4.74 Å². The molecule has 0 aromatic heterocycles. The van der Waals surface area contributed by atoms with E-state index in [4.69, 9.17) is 10.5 Å². The van der Waals surface area contributed by atoms with Crippen LogP contribution in [-0.4, -0.2) is 37.4 Å². The maximum absolute atomic E-state index is 6.20. The van der Waals surface area contributed by atoms with E-state index in [-0.39, 0.29) is 17.8 Å². The molecule has 0 amide bonds. The first-order chi connectivity index (χ1) is 9.46. The summed E-state index contributed by atoms with van der Waals surface area (Å²) in [6.45, 7) is 7.64. The SMILES string of the molecule is COc1cc(CN2CCC(N)C(C)(C)C2)ccc1SC.Cl. The van der Waals surface area contributed by atoms with Gasteiger partial charge in [0, 0.05) is 30.6 Å². The minimum Gasteiger partial charge on any atom is -0.496 e. The summed E-state index contributed by atoms with van der Waals surface area (Å²) < 4.78 is 5.46. The third-order valence-corrected chi connectivity index (χ3v) is 5.02. The number of hydrogen-bond acceptors (Lipinski definition) is 4. The van der Waals surface area contributed by atoms with Gasteiger partial charge in [-0.1, -0.05) is 19.9 Å². The van der Waals surface area contributed by atoms with Gasteiger partial charge in [0.15, 0.2) is 0 Å². The lowest BCUT2D eigenvalue weighted by Gasteiger charge is -2.42. The Morgan fingerprint density at radius 2 is 2.14 bits per heavy atom. The highest BCUT2D eigenvalue weighted by Crippen LogP contribution is 2.31. The van der Waals surface area contributed by atoms with Crippen molar-refractivity contribution in [2.75, 3.05) is 26.5 Å². The van der Waals surface area contributed by atoms with Gasteiger partial charge in [0.1, 0.15) is 5.75 Å². The van der Waals surface area contributed by atoms with Gasteiger partial charge in [-0.05, 0) is 35.8 Å². The van der Waals surface area contributed by atoms with E-state index in [1.807, 2.05) is 0 Å². The Kier molecular flexibility index (Phi) is 6.85. The van der Waals surface area contributed by atoms with Gasteiger partial charge in [-0.3, -0.25) is 4.90 Å². The van der Waals surface area contributed by atoms with Crippen LogP contribution in [0.5, 0.6) is 5.75 Å². The molecule has 0 spiro atoms. The van der Waals surface area contributed by atoms with E-state index in [1.165, 1.54) is 10.5 Å². The van der Waals surface area contributed by atoms with Crippen LogP contribution in [0.4, 0.5) is 0 Å². The second-order valence-electron chi connectivity index (χ2n) is 6.28. The van der Waals surface area contributed by atoms with E-state index in [2.05, 4.69) is 43.2 Å². The lowest BCUT2D eigenvalue weighted by Crippen LogP contribution is -2.52. The number of ether oxygens (including phenoxy) is 1. The second-order valence-corrected chi connectivity index (χ2v) is 7.13. The molecule has 2 rings (SSSR count). The lowest BCUT2D eigenvalue weighted by atomic mass is 9.79. The monoisotopic (exact) mass is 330 g/mol. The van der Waals surface area contributed by atoms with Gasteiger partial charge >= 0.3 is 0 Å². The van der Waals surface area contributed by atoms with Crippen LogP contribution < -0.4 is 10.5 Å². The molecular formula is C16H27ClN2OS. The summed E-state index contributed by atoms with van der Waals surface area (Å²) in [5.41, 5.74) is 7.71. The first-order valence-electron chi connectivity index (χ1n) is 7.15. The Hall–Kier alpha value is -0.420. The van der Waals surface area contributed by atoms with Crippen LogP contribution >= 0.6 is 24.2 Å². The van der Waals surface area contributed by atoms with Gasteiger partial charge in [0.05, 0.1) is 7.11 Å². The van der Waals surface area contributed by atoms with Crippen molar-refractivity contribution in [3.8, 4) is 5.75 Å². The zero-order chi connectivity index (χ0) is 14.8. The van der Waals surface area contributed by atoms with E-state index in [9.17, 15) is 0 Å². The van der Waals surface area contributed by atoms with E-state index >= 15 is 0 Å². The fraction of sp³-hybridized carbons (Fsp3) is 0.625. The molecule has 21 heavy (non-hydrogen) atoms. The first kappa shape index (κ1) is 18.6. The Labute approximate surface area is 139 Å². The number of benzene rings is 1. The number of likely N-dealkylation sites (tertiary alicyclic amines) is 1. The molecule has 120 valence electrons. The number of halogens is 1. The normalized spacial score (nSPS) is 21.7. The van der Waals surface area contributed by atoms with Crippen LogP contribution in [0.3, 0.4) is 0 Å². The van der Waals surface area contributed by atoms with Crippen molar-refractivity contribution in [3.63, 3.8) is 0 Å². The Balaban J connectivity index is 0.00000220. The average molecular weight is 331 g/mol. The van der Waals surface area contributed by atoms with Crippen molar-refractivity contribution in [2.24, 2.45) is 11.1 Å². The van der Waals surface area contributed by atoms with E-state index in [0.29, 0.717) is 6.04 Å². The quantitative estimate of drug-likeness (QED) is 0.859. The van der Waals surface area contributed by atoms with E-state index in [0.717, 1.165) is 31.8 Å². The van der Waals surface area contributed by atoms with Crippen LogP contribution in [0.15, 0.2) is 23.1 Å². The Morgan fingerprint density at radius 3 is 2.71 bits per heavy atom. The Morgan fingerprint density at radius 1 is 1.43 bits per heavy atom. The molecule has 1 saturated heterocycles. The number of thioether (sulfide) groups is 1. The third-order valence-electron chi connectivity index (χ3n) is 4.25. The van der Waals surface area contributed by atoms with E-state index < -0.39 is 0 Å². The van der Waals surface area contributed by atoms with Gasteiger partial charge in [0.25, 0.3) is 0 Å². The summed E-state index contributed by atoms with van der Waals surface area (Å²) in [7, 11) is 1.74. The zero-order valence-corrected chi connectivity index (χ0v) is 15.0. The van der Waals surface area contributed by atoms with Crippen molar-refractivity contribution in [1.29, 1.82) is 0 Å². The van der Waals surface area contributed by atoms with Gasteiger partial charge in [0.2, 0.25) is 0 Å². The number of methoxy groups -OCH3 is 1. The minimum absolute atomic E-state index is 0. The summed E-state index contributed by atoms with van der Waals surface area (Å²) in [5, 5.41) is 0. The fourth-order valence-electron chi connectivity index (χ4n) is 2.86. The number of piperidine rings is 1. The highest BCUT2D eigenvalue weighted by atomic mass is 35.5. The number of nitrogens with zero attached hydrogens (tertiary/aromatic N) is 1. The van der Waals surface area contributed by atoms with Gasteiger partial charge in [-0.2, -0.15) is 0 Å². The molecule has 1 aromatic rings. The van der Waals surface area contributed by atoms with Crippen molar-refractivity contribution >= 4 is 24.2 Å². The molecule has 1 aliphatic heterocycles. The van der Waals surface area contributed by atoms with Crippen molar-refractivity contribution in [1.82, 2.24) is 4.90 Å². The summed E-state index contributed by atoms with van der Waals surface area (Å²) in [4.78, 5) is 3.69. The second kappa shape index (κ2) is 7.73. The van der Waals surface area contributed by atoms with Crippen LogP contribution in [-0.2, 0) is 6.54 Å². The molecule has 1 unspecified atom stereocenters. The molecule has 1 atom stereocenters. The number of hydrogen-bond donors (Lipinski definition) is 1. The third kappa shape index (κ3) is 4.52. The standard InChI is InChI=1S/C16H26N2OS.ClH/c1-16(2)11-18(8-7-15(16)17)10-12-5-6-14(20-4)13(9-12)19-3;/h5-6,9,15H,7-8,10-11,17H2,1-4H3;1H. The van der Waals surface area contributed by atoms with Gasteiger partial charge < -0.3 is 10.5 Å². The highest BCUT2D eigenvalue weighted by Gasteiger charge is 2.33. The first-order valence-corrected chi connectivity index (χ1v) is 8.37. The van der Waals surface area contributed by atoms with Crippen molar-refractivity contribution in [3.05, 3.63) is 23.8 Å². The van der Waals surface area contributed by atoms with Crippen LogP contribution in [0.1, 0.15) is 25.8 Å². The zero-order valence-electron chi connectivity index (χ0n) is 13.4. The van der Waals surface area contributed by atoms with Crippen LogP contribution in [0.25, 0.3) is 0 Å². The summed E-state index contributed by atoms with van der Waals surface area (Å²) >= 11 is 1.72. The maximum atomic E-state index is 6.20. The average Bonchev–Trinajstić information content (AvgIpc) is 2.42. The smallest absolute Gasteiger partial charge is 0.132 e. The molecule has 1 heterocycles. The number of nitrogens with two attached hydrogens (primary N) is 1. The molecule has 1 aliphatic rings. The summed E-state index contributed by atoms with van der Waals surface area (Å²) in [6, 6.07) is 6.83. The van der Waals surface area contributed by atoms with Crippen molar-refractivity contribution in [2.45, 2.75) is 37.8 Å². The summed E-state index contributed by atoms with van der Waals surface area (Å²) in [6.07, 6.45) is 3.15. The minimum atomic E-state index is 0. The predicted octanol–water partition coefficient (Wildman–Crippen LogP) is 3.40. The molecule has 0 bridgehead atoms. The molecule has 5 heteroatoms. The summed E-state index contributed by atoms with van der Waals surface area (Å²) in [5.74, 6) is 0.975. The molecule has 0 radical (unpaired) electrons. The maximum Gasteiger partial charge on any atom is 0.132 e. The molecule has 2 N–H and O–H groups in total. The molecule has 3 nitrogen and oxygen atoms in total. The number of rotatable bonds is 4. The van der Waals surface area contributed by atoms with Crippen LogP contribution in [0, 0.1) is 5.41 Å². The molecular weight excluding hydrogens is 304 g/mol.